The van der Waals surface area contributed by atoms with E-state index in [0.29, 0.717) is 12.0 Å². The second-order valence-corrected chi connectivity index (χ2v) is 9.31. The first-order valence-corrected chi connectivity index (χ1v) is 9.85. The molecule has 1 aromatic rings. The van der Waals surface area contributed by atoms with Crippen LogP contribution in [0.15, 0.2) is 17.1 Å². The molecule has 0 aromatic heterocycles. The van der Waals surface area contributed by atoms with E-state index in [4.69, 9.17) is 4.99 Å². The Hall–Kier alpha value is -1.11. The first kappa shape index (κ1) is 19.2. The van der Waals surface area contributed by atoms with Crippen LogP contribution in [-0.2, 0) is 11.8 Å². The van der Waals surface area contributed by atoms with Crippen molar-refractivity contribution in [1.82, 2.24) is 0 Å². The number of benzene rings is 1. The fourth-order valence-electron chi connectivity index (χ4n) is 4.00. The Morgan fingerprint density at radius 1 is 1.17 bits per heavy atom. The molecule has 0 aliphatic heterocycles. The normalized spacial score (nSPS) is 22.5. The molecule has 1 heteroatoms. The largest absolute Gasteiger partial charge is 0.289 e. The van der Waals surface area contributed by atoms with Gasteiger partial charge in [-0.15, -0.1) is 0 Å². The molecule has 0 bridgehead atoms. The fraction of sp³-hybridized carbons (Fsp3) is 0.696. The summed E-state index contributed by atoms with van der Waals surface area (Å²) in [6, 6.07) is 5.32. The van der Waals surface area contributed by atoms with Crippen molar-refractivity contribution < 1.29 is 0 Å². The van der Waals surface area contributed by atoms with Crippen LogP contribution in [0.3, 0.4) is 0 Å². The average Bonchev–Trinajstić information content (AvgIpc) is 2.47. The first-order chi connectivity index (χ1) is 11.2. The van der Waals surface area contributed by atoms with Gasteiger partial charge in [0.05, 0.1) is 6.04 Å². The first-order valence-electron chi connectivity index (χ1n) is 9.85. The molecule has 0 radical (unpaired) electrons. The van der Waals surface area contributed by atoms with Gasteiger partial charge >= 0.3 is 0 Å². The van der Waals surface area contributed by atoms with Crippen molar-refractivity contribution in [2.75, 3.05) is 0 Å². The molecule has 1 nitrogen and oxygen atoms in total. The highest BCUT2D eigenvalue weighted by atomic mass is 14.8. The van der Waals surface area contributed by atoms with E-state index < -0.39 is 0 Å². The van der Waals surface area contributed by atoms with Crippen molar-refractivity contribution in [1.29, 1.82) is 0 Å². The molecule has 0 saturated heterocycles. The van der Waals surface area contributed by atoms with Crippen LogP contribution in [0.5, 0.6) is 0 Å². The summed E-state index contributed by atoms with van der Waals surface area (Å²) in [5, 5.41) is 0. The van der Waals surface area contributed by atoms with Gasteiger partial charge in [-0.3, -0.25) is 4.99 Å². The Labute approximate surface area is 150 Å². The van der Waals surface area contributed by atoms with E-state index in [2.05, 4.69) is 66.8 Å². The minimum atomic E-state index is 0.178. The summed E-state index contributed by atoms with van der Waals surface area (Å²) in [7, 11) is 0. The maximum Gasteiger partial charge on any atom is 0.0525 e. The summed E-state index contributed by atoms with van der Waals surface area (Å²) in [5.74, 6) is 1.42. The maximum absolute atomic E-state index is 5.01. The average molecular weight is 328 g/mol. The maximum atomic E-state index is 5.01. The van der Waals surface area contributed by atoms with Gasteiger partial charge in [0.15, 0.2) is 0 Å². The minimum Gasteiger partial charge on any atom is -0.289 e. The van der Waals surface area contributed by atoms with Crippen LogP contribution in [0.1, 0.15) is 89.5 Å². The highest BCUT2D eigenvalue weighted by Gasteiger charge is 2.21. The zero-order chi connectivity index (χ0) is 17.9. The molecule has 0 spiro atoms. The molecule has 24 heavy (non-hydrogen) atoms. The van der Waals surface area contributed by atoms with Gasteiger partial charge in [-0.2, -0.15) is 0 Å². The van der Waals surface area contributed by atoms with E-state index in [1.165, 1.54) is 47.9 Å². The molecule has 2 rings (SSSR count). The molecule has 134 valence electrons. The number of nitrogens with zero attached hydrogens (tertiary/aromatic N) is 1. The molecule has 1 aliphatic rings. The molecule has 2 atom stereocenters. The number of aliphatic imine (C=N–C) groups is 1. The van der Waals surface area contributed by atoms with Gasteiger partial charge in [-0.25, -0.2) is 0 Å². The summed E-state index contributed by atoms with van der Waals surface area (Å²) < 4.78 is 0. The van der Waals surface area contributed by atoms with Crippen LogP contribution in [0.4, 0.5) is 0 Å². The van der Waals surface area contributed by atoms with Crippen LogP contribution in [0.25, 0.3) is 0 Å². The van der Waals surface area contributed by atoms with Crippen LogP contribution in [0.2, 0.25) is 0 Å². The van der Waals surface area contributed by atoms with Gasteiger partial charge in [0.25, 0.3) is 0 Å². The van der Waals surface area contributed by atoms with Crippen molar-refractivity contribution in [3.05, 3.63) is 34.4 Å². The third kappa shape index (κ3) is 4.94. The molecule has 1 fully saturated rings. The SMILES string of the molecule is Cc1c(C=NC2CCCCC2C)cc(CC(C)C)cc1C(C)(C)C. The molecule has 1 saturated carbocycles. The Balaban J connectivity index is 2.36. The molecule has 2 unspecified atom stereocenters. The summed E-state index contributed by atoms with van der Waals surface area (Å²) in [5.41, 5.74) is 5.84. The molecule has 1 aromatic carbocycles. The number of hydrogen-bond acceptors (Lipinski definition) is 1. The number of hydrogen-bond donors (Lipinski definition) is 0. The zero-order valence-corrected chi connectivity index (χ0v) is 16.9. The van der Waals surface area contributed by atoms with Crippen LogP contribution in [0, 0.1) is 18.8 Å². The van der Waals surface area contributed by atoms with Crippen molar-refractivity contribution in [2.45, 2.75) is 92.0 Å². The second kappa shape index (κ2) is 7.85. The molecular formula is C23H37N. The predicted octanol–water partition coefficient (Wildman–Crippen LogP) is 6.49. The van der Waals surface area contributed by atoms with Crippen molar-refractivity contribution in [2.24, 2.45) is 16.8 Å². The minimum absolute atomic E-state index is 0.178. The standard InChI is InChI=1S/C23H37N/c1-16(2)12-19-13-20(18(4)21(14-19)23(5,6)7)15-24-22-11-9-8-10-17(22)3/h13-17,22H,8-12H2,1-7H3. The smallest absolute Gasteiger partial charge is 0.0525 e. The van der Waals surface area contributed by atoms with Crippen LogP contribution >= 0.6 is 0 Å². The molecule has 1 aliphatic carbocycles. The quantitative estimate of drug-likeness (QED) is 0.560. The fourth-order valence-corrected chi connectivity index (χ4v) is 4.00. The highest BCUT2D eigenvalue weighted by Crippen LogP contribution is 2.30. The van der Waals surface area contributed by atoms with Gasteiger partial charge in [0.1, 0.15) is 0 Å². The lowest BCUT2D eigenvalue weighted by Crippen LogP contribution is -2.20. The van der Waals surface area contributed by atoms with Gasteiger partial charge < -0.3 is 0 Å². The monoisotopic (exact) mass is 327 g/mol. The van der Waals surface area contributed by atoms with E-state index in [9.17, 15) is 0 Å². The summed E-state index contributed by atoms with van der Waals surface area (Å²) >= 11 is 0. The summed E-state index contributed by atoms with van der Waals surface area (Å²) in [6.07, 6.45) is 8.64. The summed E-state index contributed by atoms with van der Waals surface area (Å²) in [6.45, 7) is 16.2. The molecule has 0 N–H and O–H groups in total. The van der Waals surface area contributed by atoms with Gasteiger partial charge in [-0.1, -0.05) is 60.5 Å². The van der Waals surface area contributed by atoms with E-state index in [1.807, 2.05) is 0 Å². The highest BCUT2D eigenvalue weighted by molar-refractivity contribution is 5.83. The lowest BCUT2D eigenvalue weighted by Gasteiger charge is -2.26. The lowest BCUT2D eigenvalue weighted by molar-refractivity contribution is 0.333. The Morgan fingerprint density at radius 3 is 2.42 bits per heavy atom. The molecule has 0 amide bonds. The topological polar surface area (TPSA) is 12.4 Å². The van der Waals surface area contributed by atoms with Gasteiger partial charge in [0.2, 0.25) is 0 Å². The zero-order valence-electron chi connectivity index (χ0n) is 16.9. The summed E-state index contributed by atoms with van der Waals surface area (Å²) in [4.78, 5) is 5.01. The van der Waals surface area contributed by atoms with Crippen molar-refractivity contribution in [3.63, 3.8) is 0 Å². The Kier molecular flexibility index (Phi) is 6.28. The predicted molar refractivity (Wildman–Crippen MR) is 107 cm³/mol. The van der Waals surface area contributed by atoms with Crippen molar-refractivity contribution in [3.8, 4) is 0 Å². The van der Waals surface area contributed by atoms with Gasteiger partial charge in [0, 0.05) is 6.21 Å². The number of rotatable bonds is 4. The Morgan fingerprint density at radius 2 is 1.83 bits per heavy atom. The van der Waals surface area contributed by atoms with E-state index in [1.54, 1.807) is 0 Å². The van der Waals surface area contributed by atoms with Crippen LogP contribution in [-0.4, -0.2) is 12.3 Å². The molecule has 0 heterocycles. The third-order valence-electron chi connectivity index (χ3n) is 5.43. The van der Waals surface area contributed by atoms with Crippen molar-refractivity contribution >= 4 is 6.21 Å². The van der Waals surface area contributed by atoms with E-state index in [0.717, 1.165) is 12.3 Å². The molecular weight excluding hydrogens is 290 g/mol. The van der Waals surface area contributed by atoms with Crippen LogP contribution < -0.4 is 0 Å². The van der Waals surface area contributed by atoms with Gasteiger partial charge in [-0.05, 0) is 71.8 Å². The Bertz CT molecular complexity index is 574. The van der Waals surface area contributed by atoms with E-state index in [-0.39, 0.29) is 5.41 Å². The second-order valence-electron chi connectivity index (χ2n) is 9.31. The lowest BCUT2D eigenvalue weighted by atomic mass is 9.80. The third-order valence-corrected chi connectivity index (χ3v) is 5.43. The van der Waals surface area contributed by atoms with E-state index >= 15 is 0 Å².